The zero-order valence-corrected chi connectivity index (χ0v) is 16.8. The number of methoxy groups -OCH3 is 1. The first-order valence-corrected chi connectivity index (χ1v) is 9.64. The summed E-state index contributed by atoms with van der Waals surface area (Å²) in [6, 6.07) is 13.2. The Bertz CT molecular complexity index is 1280. The lowest BCUT2D eigenvalue weighted by molar-refractivity contribution is -0.121. The van der Waals surface area contributed by atoms with Crippen molar-refractivity contribution in [2.24, 2.45) is 0 Å². The third kappa shape index (κ3) is 4.45. The van der Waals surface area contributed by atoms with E-state index >= 15 is 0 Å². The lowest BCUT2D eigenvalue weighted by Crippen LogP contribution is -2.27. The number of aromatic nitrogens is 4. The molecular weight excluding hydrogens is 401 g/mol. The molecule has 0 fully saturated rings. The van der Waals surface area contributed by atoms with Crippen LogP contribution in [-0.2, 0) is 17.9 Å². The number of carbonyl (C=O) groups excluding carboxylic acids is 1. The molecule has 0 bridgehead atoms. The van der Waals surface area contributed by atoms with E-state index in [2.05, 4.69) is 15.4 Å². The highest BCUT2D eigenvalue weighted by molar-refractivity contribution is 5.76. The predicted octanol–water partition coefficient (Wildman–Crippen LogP) is 2.44. The van der Waals surface area contributed by atoms with Crippen molar-refractivity contribution in [2.75, 3.05) is 7.11 Å². The molecule has 0 saturated carbocycles. The maximum Gasteiger partial charge on any atom is 0.264 e. The van der Waals surface area contributed by atoms with E-state index in [0.29, 0.717) is 23.3 Å². The normalized spacial score (nSPS) is 10.9. The van der Waals surface area contributed by atoms with Crippen molar-refractivity contribution in [3.8, 4) is 11.4 Å². The summed E-state index contributed by atoms with van der Waals surface area (Å²) in [6.07, 6.45) is 2.94. The van der Waals surface area contributed by atoms with E-state index in [4.69, 9.17) is 4.74 Å². The Morgan fingerprint density at radius 2 is 2.00 bits per heavy atom. The quantitative estimate of drug-likeness (QED) is 0.495. The Balaban J connectivity index is 1.43. The van der Waals surface area contributed by atoms with Crippen LogP contribution < -0.4 is 15.6 Å². The van der Waals surface area contributed by atoms with Crippen LogP contribution in [0.5, 0.6) is 5.75 Å². The van der Waals surface area contributed by atoms with Crippen LogP contribution in [0.1, 0.15) is 12.0 Å². The summed E-state index contributed by atoms with van der Waals surface area (Å²) in [6.45, 7) is 0.556. The molecule has 4 aromatic rings. The average Bonchev–Trinajstić information content (AvgIpc) is 3.23. The molecule has 0 radical (unpaired) electrons. The van der Waals surface area contributed by atoms with Gasteiger partial charge in [0.05, 0.1) is 25.3 Å². The van der Waals surface area contributed by atoms with Crippen molar-refractivity contribution in [1.29, 1.82) is 0 Å². The van der Waals surface area contributed by atoms with Crippen molar-refractivity contribution < 1.29 is 13.9 Å². The Hall–Kier alpha value is -4.01. The largest absolute Gasteiger partial charge is 0.497 e. The smallest absolute Gasteiger partial charge is 0.264 e. The highest BCUT2D eigenvalue weighted by Crippen LogP contribution is 2.14. The monoisotopic (exact) mass is 421 g/mol. The predicted molar refractivity (Wildman–Crippen MR) is 113 cm³/mol. The number of halogens is 1. The Morgan fingerprint density at radius 3 is 2.77 bits per heavy atom. The molecule has 0 aliphatic heterocycles. The Morgan fingerprint density at radius 1 is 1.19 bits per heavy atom. The lowest BCUT2D eigenvalue weighted by Gasteiger charge is -2.08. The van der Waals surface area contributed by atoms with E-state index < -0.39 is 0 Å². The van der Waals surface area contributed by atoms with Crippen molar-refractivity contribution in [3.05, 3.63) is 82.8 Å². The van der Waals surface area contributed by atoms with Crippen LogP contribution in [-0.4, -0.2) is 32.3 Å². The molecule has 8 nitrogen and oxygen atoms in total. The molecule has 4 rings (SSSR count). The van der Waals surface area contributed by atoms with Crippen molar-refractivity contribution in [3.63, 3.8) is 0 Å². The second kappa shape index (κ2) is 8.78. The fourth-order valence-corrected chi connectivity index (χ4v) is 3.17. The highest BCUT2D eigenvalue weighted by Gasteiger charge is 2.12. The van der Waals surface area contributed by atoms with Gasteiger partial charge < -0.3 is 10.1 Å². The van der Waals surface area contributed by atoms with Crippen LogP contribution in [0.3, 0.4) is 0 Å². The number of aryl methyl sites for hydroxylation is 1. The van der Waals surface area contributed by atoms with Gasteiger partial charge in [-0.2, -0.15) is 5.10 Å². The molecule has 31 heavy (non-hydrogen) atoms. The molecular formula is C22H20FN5O3. The molecule has 9 heteroatoms. The molecule has 158 valence electrons. The number of amides is 1. The van der Waals surface area contributed by atoms with Gasteiger partial charge in [-0.25, -0.2) is 14.1 Å². The number of carbonyl (C=O) groups is 1. The van der Waals surface area contributed by atoms with Crippen molar-refractivity contribution in [2.45, 2.75) is 19.5 Å². The molecule has 0 atom stereocenters. The van der Waals surface area contributed by atoms with Gasteiger partial charge in [0, 0.05) is 19.5 Å². The zero-order chi connectivity index (χ0) is 21.8. The summed E-state index contributed by atoms with van der Waals surface area (Å²) < 4.78 is 21.2. The second-order valence-corrected chi connectivity index (χ2v) is 6.89. The molecule has 0 spiro atoms. The third-order valence-corrected chi connectivity index (χ3v) is 4.83. The third-order valence-electron chi connectivity index (χ3n) is 4.83. The average molecular weight is 421 g/mol. The number of ether oxygens (including phenoxy) is 1. The summed E-state index contributed by atoms with van der Waals surface area (Å²) in [5.74, 6) is 0.177. The Labute approximate surface area is 176 Å². The van der Waals surface area contributed by atoms with Crippen LogP contribution in [0.15, 0.2) is 65.8 Å². The van der Waals surface area contributed by atoms with E-state index in [1.54, 1.807) is 19.2 Å². The first-order chi connectivity index (χ1) is 15.0. The number of nitrogens with zero attached hydrogens (tertiary/aromatic N) is 4. The number of rotatable bonds is 7. The van der Waals surface area contributed by atoms with Gasteiger partial charge in [-0.1, -0.05) is 12.1 Å². The number of nitrogens with one attached hydrogen (secondary N) is 1. The number of hydrogen-bond acceptors (Lipinski definition) is 5. The van der Waals surface area contributed by atoms with Crippen LogP contribution in [0.25, 0.3) is 16.7 Å². The van der Waals surface area contributed by atoms with Gasteiger partial charge in [-0.15, -0.1) is 0 Å². The van der Waals surface area contributed by atoms with E-state index in [0.717, 1.165) is 11.3 Å². The second-order valence-electron chi connectivity index (χ2n) is 6.89. The highest BCUT2D eigenvalue weighted by atomic mass is 19.1. The summed E-state index contributed by atoms with van der Waals surface area (Å²) in [7, 11) is 1.59. The summed E-state index contributed by atoms with van der Waals surface area (Å²) >= 11 is 0. The van der Waals surface area contributed by atoms with Gasteiger partial charge in [-0.05, 0) is 42.0 Å². The minimum Gasteiger partial charge on any atom is -0.497 e. The lowest BCUT2D eigenvalue weighted by atomic mass is 10.2. The first-order valence-electron chi connectivity index (χ1n) is 9.64. The number of hydrogen-bond donors (Lipinski definition) is 1. The Kier molecular flexibility index (Phi) is 5.74. The topological polar surface area (TPSA) is 91.0 Å². The van der Waals surface area contributed by atoms with Gasteiger partial charge in [0.1, 0.15) is 17.0 Å². The molecule has 1 N–H and O–H groups in total. The van der Waals surface area contributed by atoms with E-state index in [1.165, 1.54) is 33.9 Å². The standard InChI is InChI=1S/C22H20FN5O3/c1-31-18-4-2-3-15(11-18)12-24-20(29)9-10-27-14-25-21-19(22(27)30)13-26-28(21)17-7-5-16(23)6-8-17/h2-8,11,13-14H,9-10,12H2,1H3,(H,24,29). The minimum atomic E-state index is -0.361. The molecule has 1 amide bonds. The first kappa shape index (κ1) is 20.3. The van der Waals surface area contributed by atoms with Crippen LogP contribution >= 0.6 is 0 Å². The molecule has 2 aromatic carbocycles. The van der Waals surface area contributed by atoms with E-state index in [1.807, 2.05) is 24.3 Å². The van der Waals surface area contributed by atoms with E-state index in [9.17, 15) is 14.0 Å². The maximum absolute atomic E-state index is 13.2. The fraction of sp³-hybridized carbons (Fsp3) is 0.182. The maximum atomic E-state index is 13.2. The number of benzene rings is 2. The van der Waals surface area contributed by atoms with Crippen LogP contribution in [0, 0.1) is 5.82 Å². The zero-order valence-electron chi connectivity index (χ0n) is 16.8. The van der Waals surface area contributed by atoms with Crippen molar-refractivity contribution in [1.82, 2.24) is 24.6 Å². The molecule has 0 aliphatic carbocycles. The SMILES string of the molecule is COc1cccc(CNC(=O)CCn2cnc3c(cnn3-c3ccc(F)cc3)c2=O)c1. The minimum absolute atomic E-state index is 0.128. The van der Waals surface area contributed by atoms with Crippen molar-refractivity contribution >= 4 is 16.9 Å². The van der Waals surface area contributed by atoms with Gasteiger partial charge in [0.25, 0.3) is 5.56 Å². The molecule has 0 unspecified atom stereocenters. The van der Waals surface area contributed by atoms with Gasteiger partial charge in [0.2, 0.25) is 5.91 Å². The van der Waals surface area contributed by atoms with E-state index in [-0.39, 0.29) is 30.2 Å². The van der Waals surface area contributed by atoms with Gasteiger partial charge in [-0.3, -0.25) is 14.2 Å². The molecule has 2 heterocycles. The number of fused-ring (bicyclic) bond motifs is 1. The molecule has 2 aromatic heterocycles. The molecule has 0 saturated heterocycles. The van der Waals surface area contributed by atoms with Crippen LogP contribution in [0.2, 0.25) is 0 Å². The van der Waals surface area contributed by atoms with Gasteiger partial charge in [0.15, 0.2) is 5.65 Å². The van der Waals surface area contributed by atoms with Crippen LogP contribution in [0.4, 0.5) is 4.39 Å². The summed E-state index contributed by atoms with van der Waals surface area (Å²) in [5.41, 5.74) is 1.59. The fourth-order valence-electron chi connectivity index (χ4n) is 3.17. The summed E-state index contributed by atoms with van der Waals surface area (Å²) in [4.78, 5) is 29.3. The molecule has 0 aliphatic rings. The van der Waals surface area contributed by atoms with Gasteiger partial charge >= 0.3 is 0 Å². The summed E-state index contributed by atoms with van der Waals surface area (Å²) in [5, 5.41) is 7.35.